The van der Waals surface area contributed by atoms with E-state index >= 15 is 0 Å². The van der Waals surface area contributed by atoms with Gasteiger partial charge in [0.1, 0.15) is 11.8 Å². The molecule has 0 N–H and O–H groups in total. The van der Waals surface area contributed by atoms with E-state index in [0.29, 0.717) is 0 Å². The maximum atomic E-state index is 8.22. The average Bonchev–Trinajstić information content (AvgIpc) is 1.82. The summed E-state index contributed by atoms with van der Waals surface area (Å²) in [5.74, 6) is 0. The van der Waals surface area contributed by atoms with Crippen molar-refractivity contribution in [2.45, 2.75) is 0 Å². The molecule has 2 nitrogen and oxygen atoms in total. The van der Waals surface area contributed by atoms with Gasteiger partial charge < -0.3 is 0 Å². The van der Waals surface area contributed by atoms with Crippen molar-refractivity contribution in [1.82, 2.24) is 0 Å². The molecule has 0 fully saturated rings. The Balaban J connectivity index is 4.30. The molecule has 0 aromatic carbocycles. The molecule has 46 valence electrons. The molecule has 0 atom stereocenters. The van der Waals surface area contributed by atoms with Gasteiger partial charge in [0.25, 0.3) is 0 Å². The summed E-state index contributed by atoms with van der Waals surface area (Å²) >= 11 is 5.32. The van der Waals surface area contributed by atoms with Crippen LogP contribution in [0.25, 0.3) is 0 Å². The predicted molar refractivity (Wildman–Crippen MR) is 38.2 cm³/mol. The number of nitrogens with zero attached hydrogens (tertiary/aromatic N) is 2. The van der Waals surface area contributed by atoms with E-state index in [2.05, 4.69) is 18.3 Å². The van der Waals surface area contributed by atoms with Gasteiger partial charge in [0.2, 0.25) is 0 Å². The van der Waals surface area contributed by atoms with E-state index in [4.69, 9.17) is 16.9 Å². The van der Waals surface area contributed by atoms with Crippen LogP contribution in [0.4, 0.5) is 0 Å². The molecule has 9 heavy (non-hydrogen) atoms. The largest absolute Gasteiger partial charge is 0.253 e. The van der Waals surface area contributed by atoms with E-state index in [-0.39, 0.29) is 10.7 Å². The molecule has 0 bridgehead atoms. The highest BCUT2D eigenvalue weighted by Gasteiger charge is 1.86. The molecular formula is C6H5ClN2. The Morgan fingerprint density at radius 3 is 2.44 bits per heavy atom. The third-order valence-electron chi connectivity index (χ3n) is 0.578. The quantitative estimate of drug-likeness (QED) is 0.328. The van der Waals surface area contributed by atoms with Crippen LogP contribution >= 0.6 is 11.6 Å². The molecule has 0 aliphatic carbocycles. The molecule has 0 saturated carbocycles. The lowest BCUT2D eigenvalue weighted by Gasteiger charge is -1.82. The minimum absolute atomic E-state index is 0.176. The minimum Gasteiger partial charge on any atom is -0.253 e. The number of hydrogen-bond acceptors (Lipinski definition) is 2. The van der Waals surface area contributed by atoms with Crippen LogP contribution in [-0.4, -0.2) is 6.72 Å². The van der Waals surface area contributed by atoms with E-state index in [1.165, 1.54) is 6.08 Å². The van der Waals surface area contributed by atoms with Gasteiger partial charge in [-0.2, -0.15) is 5.26 Å². The fraction of sp³-hybridized carbons (Fsp3) is 0. The summed E-state index contributed by atoms with van der Waals surface area (Å²) in [6.07, 6.45) is 1.34. The molecule has 0 radical (unpaired) electrons. The van der Waals surface area contributed by atoms with E-state index < -0.39 is 0 Å². The monoisotopic (exact) mass is 140 g/mol. The van der Waals surface area contributed by atoms with Gasteiger partial charge in [-0.25, -0.2) is 0 Å². The van der Waals surface area contributed by atoms with Crippen LogP contribution in [0.2, 0.25) is 0 Å². The van der Waals surface area contributed by atoms with Crippen molar-refractivity contribution in [2.75, 3.05) is 0 Å². The second-order valence-corrected chi connectivity index (χ2v) is 1.73. The Kier molecular flexibility index (Phi) is 3.41. The Bertz CT molecular complexity index is 198. The Hall–Kier alpha value is -1.07. The van der Waals surface area contributed by atoms with Crippen molar-refractivity contribution < 1.29 is 0 Å². The minimum atomic E-state index is 0.176. The van der Waals surface area contributed by atoms with Crippen LogP contribution in [0.5, 0.6) is 0 Å². The van der Waals surface area contributed by atoms with Crippen LogP contribution < -0.4 is 0 Å². The summed E-state index contributed by atoms with van der Waals surface area (Å²) in [4.78, 5) is 3.35. The maximum Gasteiger partial charge on any atom is 0.141 e. The zero-order valence-corrected chi connectivity index (χ0v) is 5.52. The zero-order valence-electron chi connectivity index (χ0n) is 4.76. The Morgan fingerprint density at radius 2 is 2.33 bits per heavy atom. The molecule has 0 aliphatic heterocycles. The first-order chi connectivity index (χ1) is 4.20. The first-order valence-corrected chi connectivity index (χ1v) is 2.51. The number of aliphatic imine (C=N–C) groups is 1. The molecule has 0 rings (SSSR count). The number of rotatable bonds is 2. The van der Waals surface area contributed by atoms with Crippen LogP contribution in [0.15, 0.2) is 28.4 Å². The van der Waals surface area contributed by atoms with Crippen molar-refractivity contribution in [2.24, 2.45) is 4.99 Å². The van der Waals surface area contributed by atoms with Crippen LogP contribution in [0, 0.1) is 11.3 Å². The van der Waals surface area contributed by atoms with Gasteiger partial charge in [-0.3, -0.25) is 4.99 Å². The topological polar surface area (TPSA) is 36.1 Å². The van der Waals surface area contributed by atoms with E-state index in [9.17, 15) is 0 Å². The summed E-state index contributed by atoms with van der Waals surface area (Å²) in [5.41, 5.74) is 0.176. The Labute approximate surface area is 58.8 Å². The summed E-state index contributed by atoms with van der Waals surface area (Å²) in [7, 11) is 0. The van der Waals surface area contributed by atoms with Crippen LogP contribution in [-0.2, 0) is 0 Å². The van der Waals surface area contributed by atoms with Crippen molar-refractivity contribution in [3.05, 3.63) is 23.4 Å². The molecule has 0 aromatic heterocycles. The average molecular weight is 141 g/mol. The van der Waals surface area contributed by atoms with Gasteiger partial charge in [-0.05, 0) is 12.8 Å². The van der Waals surface area contributed by atoms with E-state index in [0.717, 1.165) is 0 Å². The van der Waals surface area contributed by atoms with Crippen molar-refractivity contribution in [3.8, 4) is 6.07 Å². The van der Waals surface area contributed by atoms with Crippen LogP contribution in [0.1, 0.15) is 0 Å². The number of nitriles is 1. The molecule has 0 amide bonds. The fourth-order valence-electron chi connectivity index (χ4n) is 0.262. The summed E-state index contributed by atoms with van der Waals surface area (Å²) in [5, 5.41) is 8.50. The van der Waals surface area contributed by atoms with Gasteiger partial charge in [0.15, 0.2) is 0 Å². The van der Waals surface area contributed by atoms with Gasteiger partial charge in [-0.1, -0.05) is 18.2 Å². The highest BCUT2D eigenvalue weighted by atomic mass is 35.5. The second-order valence-electron chi connectivity index (χ2n) is 1.25. The normalized spacial score (nSPS) is 10.0. The molecular weight excluding hydrogens is 136 g/mol. The molecule has 0 spiro atoms. The number of allylic oxidation sites excluding steroid dienone is 3. The highest BCUT2D eigenvalue weighted by molar-refractivity contribution is 6.30. The summed E-state index contributed by atoms with van der Waals surface area (Å²) in [6.45, 7) is 6.49. The second kappa shape index (κ2) is 3.88. The van der Waals surface area contributed by atoms with E-state index in [1.54, 1.807) is 6.07 Å². The van der Waals surface area contributed by atoms with Crippen molar-refractivity contribution in [1.29, 1.82) is 5.26 Å². The lowest BCUT2D eigenvalue weighted by Crippen LogP contribution is -1.69. The van der Waals surface area contributed by atoms with E-state index in [1.807, 2.05) is 0 Å². The molecule has 0 aromatic rings. The molecule has 0 heterocycles. The van der Waals surface area contributed by atoms with Crippen LogP contribution in [0.3, 0.4) is 0 Å². The molecule has 0 unspecified atom stereocenters. The predicted octanol–water partition coefficient (Wildman–Crippen LogP) is 1.85. The lowest BCUT2D eigenvalue weighted by molar-refractivity contribution is 1.39. The van der Waals surface area contributed by atoms with Crippen molar-refractivity contribution >= 4 is 18.3 Å². The first kappa shape index (κ1) is 7.93. The third-order valence-corrected chi connectivity index (χ3v) is 0.687. The van der Waals surface area contributed by atoms with Crippen molar-refractivity contribution in [3.63, 3.8) is 0 Å². The van der Waals surface area contributed by atoms with Gasteiger partial charge >= 0.3 is 0 Å². The molecule has 0 aliphatic rings. The van der Waals surface area contributed by atoms with Gasteiger partial charge in [-0.15, -0.1) is 0 Å². The molecule has 3 heteroatoms. The highest BCUT2D eigenvalue weighted by Crippen LogP contribution is 2.03. The zero-order chi connectivity index (χ0) is 7.28. The summed E-state index contributed by atoms with van der Waals surface area (Å²) < 4.78 is 0. The molecule has 0 saturated heterocycles. The SMILES string of the molecule is C=N/C(C#N)=C\C(=C)Cl. The number of halogens is 1. The standard InChI is InChI=1S/C6H5ClN2/c1-5(7)3-6(4-8)9-2/h3H,1-2H2/b6-3-. The maximum absolute atomic E-state index is 8.22. The Morgan fingerprint density at radius 1 is 1.78 bits per heavy atom. The first-order valence-electron chi connectivity index (χ1n) is 2.13. The summed E-state index contributed by atoms with van der Waals surface area (Å²) in [6, 6.07) is 1.77. The fourth-order valence-corrected chi connectivity index (χ4v) is 0.365. The number of hydrogen-bond donors (Lipinski definition) is 0. The van der Waals surface area contributed by atoms with Gasteiger partial charge in [0.05, 0.1) is 0 Å². The lowest BCUT2D eigenvalue weighted by atomic mass is 10.4. The third kappa shape index (κ3) is 3.51. The smallest absolute Gasteiger partial charge is 0.141 e. The van der Waals surface area contributed by atoms with Gasteiger partial charge in [0, 0.05) is 5.03 Å².